The molecule has 4 nitrogen and oxygen atoms in total. The Morgan fingerprint density at radius 2 is 2.10 bits per heavy atom. The Kier molecular flexibility index (Phi) is 3.10. The Hall–Kier alpha value is -2.07. The van der Waals surface area contributed by atoms with E-state index >= 15 is 0 Å². The topological polar surface area (TPSA) is 62.0 Å². The number of amides is 1. The number of benzene rings is 1. The number of pyridine rings is 1. The van der Waals surface area contributed by atoms with Gasteiger partial charge in [0.15, 0.2) is 0 Å². The third kappa shape index (κ3) is 2.23. The summed E-state index contributed by atoms with van der Waals surface area (Å²) in [6.07, 6.45) is 4.56. The van der Waals surface area contributed by atoms with Gasteiger partial charge in [-0.3, -0.25) is 9.59 Å². The maximum absolute atomic E-state index is 12.5. The number of aromatic amines is 1. The summed E-state index contributed by atoms with van der Waals surface area (Å²) in [4.78, 5) is 26.9. The highest BCUT2D eigenvalue weighted by molar-refractivity contribution is 6.30. The summed E-state index contributed by atoms with van der Waals surface area (Å²) in [7, 11) is 0. The molecule has 0 radical (unpaired) electrons. The molecular formula is C15H13ClN2O2. The summed E-state index contributed by atoms with van der Waals surface area (Å²) in [5.74, 6) is -0.156. The Bertz CT molecular complexity index is 720. The van der Waals surface area contributed by atoms with Gasteiger partial charge >= 0.3 is 0 Å². The number of aromatic nitrogens is 1. The lowest BCUT2D eigenvalue weighted by molar-refractivity contribution is -0.118. The quantitative estimate of drug-likeness (QED) is 0.912. The molecule has 1 saturated carbocycles. The summed E-state index contributed by atoms with van der Waals surface area (Å²) in [5, 5.41) is 3.32. The lowest BCUT2D eigenvalue weighted by Crippen LogP contribution is -2.29. The van der Waals surface area contributed by atoms with Crippen LogP contribution in [0.4, 0.5) is 5.69 Å². The van der Waals surface area contributed by atoms with Gasteiger partial charge in [-0.15, -0.1) is 0 Å². The van der Waals surface area contributed by atoms with Crippen molar-refractivity contribution >= 4 is 23.2 Å². The van der Waals surface area contributed by atoms with Crippen LogP contribution < -0.4 is 10.7 Å². The second-order valence-corrected chi connectivity index (χ2v) is 5.41. The van der Waals surface area contributed by atoms with Crippen molar-refractivity contribution in [3.63, 3.8) is 0 Å². The van der Waals surface area contributed by atoms with E-state index in [0.29, 0.717) is 5.02 Å². The highest BCUT2D eigenvalue weighted by Gasteiger charge is 2.51. The van der Waals surface area contributed by atoms with Crippen LogP contribution in [0.1, 0.15) is 18.4 Å². The number of halogens is 1. The molecule has 1 aromatic carbocycles. The van der Waals surface area contributed by atoms with E-state index < -0.39 is 5.41 Å². The van der Waals surface area contributed by atoms with E-state index in [0.717, 1.165) is 18.4 Å². The molecule has 1 aliphatic rings. The van der Waals surface area contributed by atoms with Crippen molar-refractivity contribution in [2.75, 3.05) is 5.32 Å². The predicted octanol–water partition coefficient (Wildman–Crippen LogP) is 2.70. The van der Waals surface area contributed by atoms with E-state index in [1.165, 1.54) is 18.5 Å². The van der Waals surface area contributed by atoms with Gasteiger partial charge in [-0.2, -0.15) is 0 Å². The molecule has 1 aliphatic carbocycles. The summed E-state index contributed by atoms with van der Waals surface area (Å²) < 4.78 is 0. The smallest absolute Gasteiger partial charge is 0.235 e. The van der Waals surface area contributed by atoms with E-state index in [1.54, 1.807) is 6.07 Å². The van der Waals surface area contributed by atoms with Gasteiger partial charge in [0.1, 0.15) is 5.69 Å². The summed E-state index contributed by atoms with van der Waals surface area (Å²) in [6, 6.07) is 8.70. The molecule has 0 unspecified atom stereocenters. The number of carbonyl (C=O) groups excluding carboxylic acids is 1. The van der Waals surface area contributed by atoms with Crippen LogP contribution in [0.2, 0.25) is 5.02 Å². The monoisotopic (exact) mass is 288 g/mol. The molecule has 0 aliphatic heterocycles. The molecule has 1 fully saturated rings. The maximum atomic E-state index is 12.5. The van der Waals surface area contributed by atoms with Gasteiger partial charge in [-0.1, -0.05) is 23.7 Å². The number of carbonyl (C=O) groups is 1. The van der Waals surface area contributed by atoms with E-state index in [-0.39, 0.29) is 17.0 Å². The minimum Gasteiger partial charge on any atom is -0.366 e. The molecular weight excluding hydrogens is 276 g/mol. The number of H-pyrrole nitrogens is 1. The Labute approximate surface area is 120 Å². The highest BCUT2D eigenvalue weighted by Crippen LogP contribution is 2.49. The van der Waals surface area contributed by atoms with Crippen molar-refractivity contribution in [1.29, 1.82) is 0 Å². The number of nitrogens with one attached hydrogen (secondary N) is 2. The molecule has 0 spiro atoms. The van der Waals surface area contributed by atoms with Crippen LogP contribution in [0.15, 0.2) is 47.5 Å². The molecule has 0 bridgehead atoms. The fourth-order valence-electron chi connectivity index (χ4n) is 2.31. The Morgan fingerprint density at radius 1 is 1.30 bits per heavy atom. The van der Waals surface area contributed by atoms with Crippen LogP contribution in [-0.2, 0) is 10.2 Å². The minimum absolute atomic E-state index is 0.156. The fourth-order valence-corrected chi connectivity index (χ4v) is 2.50. The van der Waals surface area contributed by atoms with Crippen LogP contribution in [0.3, 0.4) is 0 Å². The van der Waals surface area contributed by atoms with Gasteiger partial charge in [0, 0.05) is 23.5 Å². The predicted molar refractivity (Wildman–Crippen MR) is 78.1 cm³/mol. The molecule has 2 aromatic rings. The first kappa shape index (κ1) is 12.9. The van der Waals surface area contributed by atoms with Crippen molar-refractivity contribution in [2.24, 2.45) is 0 Å². The lowest BCUT2D eigenvalue weighted by atomic mass is 9.95. The van der Waals surface area contributed by atoms with Gasteiger partial charge in [0.25, 0.3) is 0 Å². The van der Waals surface area contributed by atoms with E-state index in [4.69, 9.17) is 11.6 Å². The standard InChI is InChI=1S/C15H13ClN2O2/c16-11-3-1-2-10(8-11)15(5-6-15)14(20)18-12-9-17-7-4-13(12)19/h1-4,7-9H,5-6H2,(H,17,19)(H,18,20). The van der Waals surface area contributed by atoms with Crippen molar-refractivity contribution in [1.82, 2.24) is 4.98 Å². The van der Waals surface area contributed by atoms with E-state index in [1.807, 2.05) is 18.2 Å². The van der Waals surface area contributed by atoms with Crippen molar-refractivity contribution in [2.45, 2.75) is 18.3 Å². The number of anilines is 1. The summed E-state index contributed by atoms with van der Waals surface area (Å²) >= 11 is 5.98. The first-order chi connectivity index (χ1) is 9.62. The van der Waals surface area contributed by atoms with Gasteiger partial charge in [-0.05, 0) is 30.5 Å². The second-order valence-electron chi connectivity index (χ2n) is 4.97. The molecule has 102 valence electrons. The molecule has 1 heterocycles. The van der Waals surface area contributed by atoms with Gasteiger partial charge in [0.2, 0.25) is 11.3 Å². The normalized spacial score (nSPS) is 15.7. The zero-order valence-corrected chi connectivity index (χ0v) is 11.4. The van der Waals surface area contributed by atoms with Crippen molar-refractivity contribution in [3.05, 3.63) is 63.5 Å². The van der Waals surface area contributed by atoms with Crippen LogP contribution in [0.25, 0.3) is 0 Å². The highest BCUT2D eigenvalue weighted by atomic mass is 35.5. The molecule has 1 amide bonds. The van der Waals surface area contributed by atoms with Gasteiger partial charge in [0.05, 0.1) is 5.41 Å². The van der Waals surface area contributed by atoms with Crippen molar-refractivity contribution < 1.29 is 4.79 Å². The van der Waals surface area contributed by atoms with E-state index in [9.17, 15) is 9.59 Å². The molecule has 0 atom stereocenters. The SMILES string of the molecule is O=C(Nc1c[nH]ccc1=O)C1(c2cccc(Cl)c2)CC1. The number of hydrogen-bond donors (Lipinski definition) is 2. The molecule has 3 rings (SSSR count). The third-order valence-electron chi connectivity index (χ3n) is 3.63. The zero-order valence-electron chi connectivity index (χ0n) is 10.7. The summed E-state index contributed by atoms with van der Waals surface area (Å²) in [5.41, 5.74) is 0.410. The van der Waals surface area contributed by atoms with Gasteiger partial charge < -0.3 is 10.3 Å². The maximum Gasteiger partial charge on any atom is 0.235 e. The zero-order chi connectivity index (χ0) is 14.2. The minimum atomic E-state index is -0.548. The molecule has 2 N–H and O–H groups in total. The van der Waals surface area contributed by atoms with Crippen molar-refractivity contribution in [3.8, 4) is 0 Å². The first-order valence-electron chi connectivity index (χ1n) is 6.36. The average molecular weight is 289 g/mol. The second kappa shape index (κ2) is 4.80. The van der Waals surface area contributed by atoms with Crippen LogP contribution in [0, 0.1) is 0 Å². The Morgan fingerprint density at radius 3 is 2.75 bits per heavy atom. The first-order valence-corrected chi connectivity index (χ1v) is 6.74. The molecule has 20 heavy (non-hydrogen) atoms. The Balaban J connectivity index is 1.88. The van der Waals surface area contributed by atoms with Crippen LogP contribution >= 0.6 is 11.6 Å². The molecule has 1 aromatic heterocycles. The largest absolute Gasteiger partial charge is 0.366 e. The summed E-state index contributed by atoms with van der Waals surface area (Å²) in [6.45, 7) is 0. The number of rotatable bonds is 3. The number of hydrogen-bond acceptors (Lipinski definition) is 2. The molecule has 5 heteroatoms. The fraction of sp³-hybridized carbons (Fsp3) is 0.200. The third-order valence-corrected chi connectivity index (χ3v) is 3.87. The van der Waals surface area contributed by atoms with Gasteiger partial charge in [-0.25, -0.2) is 0 Å². The molecule has 0 saturated heterocycles. The lowest BCUT2D eigenvalue weighted by Gasteiger charge is -2.15. The van der Waals surface area contributed by atoms with Crippen LogP contribution in [-0.4, -0.2) is 10.9 Å². The van der Waals surface area contributed by atoms with E-state index in [2.05, 4.69) is 10.3 Å². The van der Waals surface area contributed by atoms with Crippen LogP contribution in [0.5, 0.6) is 0 Å². The average Bonchev–Trinajstić information content (AvgIpc) is 3.23.